The summed E-state index contributed by atoms with van der Waals surface area (Å²) in [6.45, 7) is 1.95. The number of pyridine rings is 1. The van der Waals surface area contributed by atoms with Crippen LogP contribution in [0.5, 0.6) is 0 Å². The first-order valence-corrected chi connectivity index (χ1v) is 5.34. The van der Waals surface area contributed by atoms with Crippen molar-refractivity contribution in [1.82, 2.24) is 9.97 Å². The van der Waals surface area contributed by atoms with Crippen LogP contribution in [0.3, 0.4) is 0 Å². The van der Waals surface area contributed by atoms with Crippen LogP contribution >= 0.6 is 23.7 Å². The van der Waals surface area contributed by atoms with Gasteiger partial charge in [0.2, 0.25) is 5.13 Å². The first-order valence-electron chi connectivity index (χ1n) is 4.46. The third-order valence-corrected chi connectivity index (χ3v) is 2.56. The molecule has 4 nitrogen and oxygen atoms in total. The molecule has 84 valence electrons. The van der Waals surface area contributed by atoms with Crippen molar-refractivity contribution in [3.8, 4) is 0 Å². The maximum absolute atomic E-state index is 4.22. The standard InChI is InChI=1S/C10H10N4S.ClH/c1-8-7-15-10(13-8)14-12-6-9-2-4-11-5-3-9;/h2-7H,1H3,(H,13,14);1H/b12-6+;. The second-order valence-corrected chi connectivity index (χ2v) is 3.80. The molecule has 0 aromatic carbocycles. The third kappa shape index (κ3) is 3.60. The minimum absolute atomic E-state index is 0. The van der Waals surface area contributed by atoms with Crippen LogP contribution in [0.15, 0.2) is 35.0 Å². The Labute approximate surface area is 104 Å². The highest BCUT2D eigenvalue weighted by atomic mass is 35.5. The number of aryl methyl sites for hydroxylation is 1. The molecule has 2 aromatic heterocycles. The van der Waals surface area contributed by atoms with E-state index < -0.39 is 0 Å². The van der Waals surface area contributed by atoms with Gasteiger partial charge in [-0.1, -0.05) is 0 Å². The molecule has 0 aliphatic carbocycles. The Morgan fingerprint density at radius 2 is 2.12 bits per heavy atom. The molecule has 16 heavy (non-hydrogen) atoms. The van der Waals surface area contributed by atoms with Crippen LogP contribution in [0.2, 0.25) is 0 Å². The zero-order valence-corrected chi connectivity index (χ0v) is 10.3. The molecule has 0 spiro atoms. The lowest BCUT2D eigenvalue weighted by Crippen LogP contribution is -1.89. The highest BCUT2D eigenvalue weighted by Crippen LogP contribution is 2.13. The zero-order valence-electron chi connectivity index (χ0n) is 8.62. The Bertz CT molecular complexity index is 455. The molecule has 2 rings (SSSR count). The number of thiazole rings is 1. The highest BCUT2D eigenvalue weighted by molar-refractivity contribution is 7.13. The molecule has 0 aliphatic heterocycles. The van der Waals surface area contributed by atoms with Crippen molar-refractivity contribution in [2.45, 2.75) is 6.92 Å². The van der Waals surface area contributed by atoms with Gasteiger partial charge in [0, 0.05) is 17.8 Å². The van der Waals surface area contributed by atoms with Gasteiger partial charge in [-0.25, -0.2) is 4.98 Å². The topological polar surface area (TPSA) is 50.2 Å². The molecule has 0 unspecified atom stereocenters. The first-order chi connectivity index (χ1) is 7.34. The van der Waals surface area contributed by atoms with Gasteiger partial charge in [-0.2, -0.15) is 5.10 Å². The Morgan fingerprint density at radius 1 is 1.38 bits per heavy atom. The summed E-state index contributed by atoms with van der Waals surface area (Å²) in [5.41, 5.74) is 4.88. The normalized spacial score (nSPS) is 10.1. The lowest BCUT2D eigenvalue weighted by Gasteiger charge is -1.92. The van der Waals surface area contributed by atoms with Crippen LogP contribution in [0.25, 0.3) is 0 Å². The maximum atomic E-state index is 4.22. The zero-order chi connectivity index (χ0) is 10.5. The molecule has 0 atom stereocenters. The summed E-state index contributed by atoms with van der Waals surface area (Å²) in [4.78, 5) is 8.15. The fourth-order valence-corrected chi connectivity index (χ4v) is 1.65. The minimum Gasteiger partial charge on any atom is -0.265 e. The number of rotatable bonds is 3. The largest absolute Gasteiger partial charge is 0.265 e. The average Bonchev–Trinajstić information content (AvgIpc) is 2.66. The summed E-state index contributed by atoms with van der Waals surface area (Å²) >= 11 is 1.54. The summed E-state index contributed by atoms with van der Waals surface area (Å²) in [7, 11) is 0. The summed E-state index contributed by atoms with van der Waals surface area (Å²) in [6, 6.07) is 3.77. The van der Waals surface area contributed by atoms with E-state index in [0.717, 1.165) is 16.4 Å². The van der Waals surface area contributed by atoms with Crippen molar-refractivity contribution < 1.29 is 0 Å². The second-order valence-electron chi connectivity index (χ2n) is 2.94. The first kappa shape index (κ1) is 12.6. The summed E-state index contributed by atoms with van der Waals surface area (Å²) in [5, 5.41) is 6.85. The summed E-state index contributed by atoms with van der Waals surface area (Å²) in [6.07, 6.45) is 5.20. The fraction of sp³-hybridized carbons (Fsp3) is 0.100. The number of anilines is 1. The van der Waals surface area contributed by atoms with Gasteiger partial charge >= 0.3 is 0 Å². The summed E-state index contributed by atoms with van der Waals surface area (Å²) in [5.74, 6) is 0. The number of hydrazone groups is 1. The van der Waals surface area contributed by atoms with E-state index in [9.17, 15) is 0 Å². The maximum Gasteiger partial charge on any atom is 0.203 e. The second kappa shape index (κ2) is 6.19. The van der Waals surface area contributed by atoms with E-state index >= 15 is 0 Å². The van der Waals surface area contributed by atoms with E-state index in [0.29, 0.717) is 0 Å². The number of nitrogens with one attached hydrogen (secondary N) is 1. The molecule has 0 saturated heterocycles. The van der Waals surface area contributed by atoms with Crippen molar-refractivity contribution >= 4 is 35.1 Å². The van der Waals surface area contributed by atoms with Crippen molar-refractivity contribution in [2.75, 3.05) is 5.43 Å². The molecule has 1 N–H and O–H groups in total. The predicted octanol–water partition coefficient (Wildman–Crippen LogP) is 2.71. The lowest BCUT2D eigenvalue weighted by atomic mass is 10.3. The SMILES string of the molecule is Cc1csc(N/N=C/c2ccncc2)n1.Cl. The predicted molar refractivity (Wildman–Crippen MR) is 69.6 cm³/mol. The van der Waals surface area contributed by atoms with Crippen molar-refractivity contribution in [2.24, 2.45) is 5.10 Å². The molecule has 2 heterocycles. The van der Waals surface area contributed by atoms with Crippen LogP contribution in [0.1, 0.15) is 11.3 Å². The molecule has 0 radical (unpaired) electrons. The lowest BCUT2D eigenvalue weighted by molar-refractivity contribution is 1.22. The van der Waals surface area contributed by atoms with E-state index in [1.807, 2.05) is 24.4 Å². The summed E-state index contributed by atoms with van der Waals surface area (Å²) < 4.78 is 0. The van der Waals surface area contributed by atoms with Crippen LogP contribution in [0, 0.1) is 6.92 Å². The molecule has 0 bridgehead atoms. The van der Waals surface area contributed by atoms with Crippen LogP contribution in [-0.2, 0) is 0 Å². The van der Waals surface area contributed by atoms with E-state index in [4.69, 9.17) is 0 Å². The molecule has 0 fully saturated rings. The van der Waals surface area contributed by atoms with Gasteiger partial charge in [0.25, 0.3) is 0 Å². The fourth-order valence-electron chi connectivity index (χ4n) is 1.02. The van der Waals surface area contributed by atoms with Gasteiger partial charge in [0.15, 0.2) is 0 Å². The van der Waals surface area contributed by atoms with E-state index in [1.54, 1.807) is 18.6 Å². The Balaban J connectivity index is 0.00000128. The average molecular weight is 255 g/mol. The molecule has 0 saturated carbocycles. The molecule has 0 amide bonds. The Kier molecular flexibility index (Phi) is 4.88. The smallest absolute Gasteiger partial charge is 0.203 e. The number of nitrogens with zero attached hydrogens (tertiary/aromatic N) is 3. The van der Waals surface area contributed by atoms with Crippen LogP contribution in [-0.4, -0.2) is 16.2 Å². The van der Waals surface area contributed by atoms with Crippen LogP contribution in [0.4, 0.5) is 5.13 Å². The molecule has 2 aromatic rings. The van der Waals surface area contributed by atoms with Gasteiger partial charge in [-0.05, 0) is 24.6 Å². The van der Waals surface area contributed by atoms with Gasteiger partial charge in [0.05, 0.1) is 11.9 Å². The number of hydrogen-bond donors (Lipinski definition) is 1. The number of hydrogen-bond acceptors (Lipinski definition) is 5. The van der Waals surface area contributed by atoms with Crippen molar-refractivity contribution in [3.05, 3.63) is 41.2 Å². The van der Waals surface area contributed by atoms with Gasteiger partial charge < -0.3 is 0 Å². The molecular formula is C10H11ClN4S. The monoisotopic (exact) mass is 254 g/mol. The van der Waals surface area contributed by atoms with Crippen molar-refractivity contribution in [1.29, 1.82) is 0 Å². The molecular weight excluding hydrogens is 244 g/mol. The van der Waals surface area contributed by atoms with Crippen molar-refractivity contribution in [3.63, 3.8) is 0 Å². The molecule has 6 heteroatoms. The van der Waals surface area contributed by atoms with E-state index in [-0.39, 0.29) is 12.4 Å². The third-order valence-electron chi connectivity index (χ3n) is 1.70. The van der Waals surface area contributed by atoms with Gasteiger partial charge in [-0.15, -0.1) is 23.7 Å². The van der Waals surface area contributed by atoms with Gasteiger partial charge in [-0.3, -0.25) is 10.4 Å². The van der Waals surface area contributed by atoms with E-state index in [2.05, 4.69) is 20.5 Å². The van der Waals surface area contributed by atoms with Crippen LogP contribution < -0.4 is 5.43 Å². The minimum atomic E-state index is 0. The van der Waals surface area contributed by atoms with Gasteiger partial charge in [0.1, 0.15) is 0 Å². The number of halogens is 1. The Hall–Kier alpha value is -1.46. The Morgan fingerprint density at radius 3 is 2.75 bits per heavy atom. The quantitative estimate of drug-likeness (QED) is 0.677. The number of aromatic nitrogens is 2. The molecule has 0 aliphatic rings. The highest BCUT2D eigenvalue weighted by Gasteiger charge is 1.93. The van der Waals surface area contributed by atoms with E-state index in [1.165, 1.54) is 11.3 Å².